The lowest BCUT2D eigenvalue weighted by Gasteiger charge is -2.28. The Bertz CT molecular complexity index is 397. The molecule has 0 aromatic rings. The molecule has 0 aliphatic heterocycles. The summed E-state index contributed by atoms with van der Waals surface area (Å²) in [6, 6.07) is 0. The fourth-order valence-corrected chi connectivity index (χ4v) is 3.00. The summed E-state index contributed by atoms with van der Waals surface area (Å²) in [5, 5.41) is 9.00. The van der Waals surface area contributed by atoms with E-state index in [1.54, 1.807) is 0 Å². The molecule has 0 aromatic carbocycles. The van der Waals surface area contributed by atoms with Crippen LogP contribution in [0.3, 0.4) is 0 Å². The van der Waals surface area contributed by atoms with E-state index in [1.165, 1.54) is 0 Å². The Balaban J connectivity index is 4.20. The largest absolute Gasteiger partial charge is 0.481 e. The quantitative estimate of drug-likeness (QED) is 0.378. The first-order chi connectivity index (χ1) is 10.7. The van der Waals surface area contributed by atoms with Crippen LogP contribution in [0.15, 0.2) is 0 Å². The highest BCUT2D eigenvalue weighted by atomic mass is 32.2. The van der Waals surface area contributed by atoms with Crippen molar-refractivity contribution < 1.29 is 40.6 Å². The summed E-state index contributed by atoms with van der Waals surface area (Å²) in [5.41, 5.74) is 0. The summed E-state index contributed by atoms with van der Waals surface area (Å²) in [7, 11) is 0. The Morgan fingerprint density at radius 1 is 1.04 bits per heavy atom. The number of aliphatic carboxylic acids is 1. The van der Waals surface area contributed by atoms with E-state index in [-0.39, 0.29) is 18.1 Å². The van der Waals surface area contributed by atoms with Gasteiger partial charge in [0, 0.05) is 6.42 Å². The number of carboxylic acid groups (broad SMARTS) is 1. The van der Waals surface area contributed by atoms with Gasteiger partial charge in [0.1, 0.15) is 0 Å². The van der Waals surface area contributed by atoms with Crippen molar-refractivity contribution in [2.75, 3.05) is 11.5 Å². The molecule has 1 N–H and O–H groups in total. The van der Waals surface area contributed by atoms with Crippen molar-refractivity contribution in [3.63, 3.8) is 0 Å². The summed E-state index contributed by atoms with van der Waals surface area (Å²) in [5.74, 6) is -12.3. The third-order valence-electron chi connectivity index (χ3n) is 3.31. The summed E-state index contributed by atoms with van der Waals surface area (Å²) >= 11 is 1.06. The van der Waals surface area contributed by atoms with Crippen LogP contribution in [0.5, 0.6) is 0 Å². The van der Waals surface area contributed by atoms with Crippen molar-refractivity contribution in [3.8, 4) is 0 Å². The number of halogens is 7. The molecule has 0 bridgehead atoms. The first-order valence-corrected chi connectivity index (χ1v) is 8.50. The van der Waals surface area contributed by atoms with Crippen LogP contribution in [0.25, 0.3) is 0 Å². The average molecular weight is 386 g/mol. The van der Waals surface area contributed by atoms with Gasteiger partial charge in [0.2, 0.25) is 0 Å². The molecule has 0 saturated carbocycles. The van der Waals surface area contributed by atoms with Gasteiger partial charge in [0.25, 0.3) is 0 Å². The van der Waals surface area contributed by atoms with Gasteiger partial charge < -0.3 is 5.11 Å². The molecule has 0 aromatic heterocycles. The molecule has 10 heteroatoms. The van der Waals surface area contributed by atoms with Crippen molar-refractivity contribution >= 4 is 17.7 Å². The van der Waals surface area contributed by atoms with E-state index in [1.807, 2.05) is 13.8 Å². The molecule has 0 aliphatic rings. The maximum Gasteiger partial charge on any atom is 0.459 e. The predicted octanol–water partition coefficient (Wildman–Crippen LogP) is 5.47. The van der Waals surface area contributed by atoms with E-state index >= 15 is 0 Å². The molecule has 0 rings (SSSR count). The van der Waals surface area contributed by atoms with E-state index in [4.69, 9.17) is 5.11 Å². The lowest BCUT2D eigenvalue weighted by atomic mass is 9.95. The third-order valence-corrected chi connectivity index (χ3v) is 4.41. The molecule has 0 saturated heterocycles. The molecule has 0 heterocycles. The zero-order valence-electron chi connectivity index (χ0n) is 13.3. The van der Waals surface area contributed by atoms with Crippen LogP contribution in [0, 0.1) is 11.8 Å². The van der Waals surface area contributed by atoms with Crippen LogP contribution in [0.1, 0.15) is 39.5 Å². The molecule has 0 amide bonds. The Hall–Kier alpha value is -0.670. The Morgan fingerprint density at radius 3 is 2.00 bits per heavy atom. The molecular formula is C14H21F7O2S. The van der Waals surface area contributed by atoms with Crippen molar-refractivity contribution in [2.24, 2.45) is 11.8 Å². The van der Waals surface area contributed by atoms with Crippen LogP contribution in [-0.4, -0.2) is 40.6 Å². The predicted molar refractivity (Wildman–Crippen MR) is 77.7 cm³/mol. The van der Waals surface area contributed by atoms with E-state index in [0.29, 0.717) is 12.2 Å². The number of rotatable bonds is 11. The molecule has 2 nitrogen and oxygen atoms in total. The van der Waals surface area contributed by atoms with E-state index in [9.17, 15) is 35.5 Å². The van der Waals surface area contributed by atoms with Crippen molar-refractivity contribution in [2.45, 2.75) is 57.6 Å². The highest BCUT2D eigenvalue weighted by Crippen LogP contribution is 2.48. The zero-order valence-corrected chi connectivity index (χ0v) is 14.1. The number of hydrogen-bond donors (Lipinski definition) is 1. The highest BCUT2D eigenvalue weighted by molar-refractivity contribution is 7.99. The van der Waals surface area contributed by atoms with E-state index in [2.05, 4.69) is 0 Å². The average Bonchev–Trinajstić information content (AvgIpc) is 2.39. The summed E-state index contributed by atoms with van der Waals surface area (Å²) in [4.78, 5) is 11.0. The van der Waals surface area contributed by atoms with Crippen LogP contribution < -0.4 is 0 Å². The van der Waals surface area contributed by atoms with Gasteiger partial charge in [-0.25, -0.2) is 0 Å². The first-order valence-electron chi connectivity index (χ1n) is 7.35. The molecule has 0 fully saturated rings. The second-order valence-corrected chi connectivity index (χ2v) is 7.17. The number of hydrogen-bond acceptors (Lipinski definition) is 2. The highest BCUT2D eigenvalue weighted by Gasteiger charge is 2.72. The number of carbonyl (C=O) groups is 1. The third kappa shape index (κ3) is 7.06. The zero-order chi connectivity index (χ0) is 19.2. The first kappa shape index (κ1) is 23.3. The van der Waals surface area contributed by atoms with Crippen LogP contribution in [0.2, 0.25) is 0 Å². The van der Waals surface area contributed by atoms with Gasteiger partial charge in [-0.1, -0.05) is 13.8 Å². The Kier molecular flexibility index (Phi) is 8.89. The normalized spacial score (nSPS) is 14.9. The minimum atomic E-state index is -6.30. The topological polar surface area (TPSA) is 37.3 Å². The van der Waals surface area contributed by atoms with Gasteiger partial charge in [-0.2, -0.15) is 42.5 Å². The van der Waals surface area contributed by atoms with Crippen molar-refractivity contribution in [1.29, 1.82) is 0 Å². The molecule has 0 spiro atoms. The maximum atomic E-state index is 13.0. The maximum absolute atomic E-state index is 13.0. The molecular weight excluding hydrogens is 365 g/mol. The summed E-state index contributed by atoms with van der Waals surface area (Å²) in [6.45, 7) is 3.71. The standard InChI is InChI=1S/C14H21F7O2S/c1-9(2)8-10(11(22)23)4-7-24-6-3-5-12(15,16)13(17,18)14(19,20)21/h9-10H,3-8H2,1-2H3,(H,22,23). The number of carboxylic acids is 1. The number of alkyl halides is 7. The Labute approximate surface area is 140 Å². The molecule has 0 radical (unpaired) electrons. The van der Waals surface area contributed by atoms with Gasteiger partial charge in [-0.3, -0.25) is 4.79 Å². The second kappa shape index (κ2) is 9.15. The lowest BCUT2D eigenvalue weighted by molar-refractivity contribution is -0.355. The van der Waals surface area contributed by atoms with Crippen molar-refractivity contribution in [3.05, 3.63) is 0 Å². The fourth-order valence-electron chi connectivity index (χ4n) is 2.00. The smallest absolute Gasteiger partial charge is 0.459 e. The van der Waals surface area contributed by atoms with Crippen molar-refractivity contribution in [1.82, 2.24) is 0 Å². The molecule has 1 unspecified atom stereocenters. The summed E-state index contributed by atoms with van der Waals surface area (Å²) < 4.78 is 87.2. The van der Waals surface area contributed by atoms with E-state index < -0.39 is 42.8 Å². The fraction of sp³-hybridized carbons (Fsp3) is 0.929. The summed E-state index contributed by atoms with van der Waals surface area (Å²) in [6.07, 6.45) is -7.67. The lowest BCUT2D eigenvalue weighted by Crippen LogP contribution is -2.51. The minimum absolute atomic E-state index is 0.0441. The van der Waals surface area contributed by atoms with Crippen LogP contribution in [0.4, 0.5) is 30.7 Å². The van der Waals surface area contributed by atoms with E-state index in [0.717, 1.165) is 11.8 Å². The monoisotopic (exact) mass is 386 g/mol. The van der Waals surface area contributed by atoms with Gasteiger partial charge in [-0.05, 0) is 36.7 Å². The molecule has 144 valence electrons. The van der Waals surface area contributed by atoms with Gasteiger partial charge in [-0.15, -0.1) is 0 Å². The van der Waals surface area contributed by atoms with Crippen LogP contribution >= 0.6 is 11.8 Å². The van der Waals surface area contributed by atoms with Gasteiger partial charge in [0.15, 0.2) is 0 Å². The molecule has 24 heavy (non-hydrogen) atoms. The molecule has 1 atom stereocenters. The van der Waals surface area contributed by atoms with Gasteiger partial charge in [0.05, 0.1) is 5.92 Å². The SMILES string of the molecule is CC(C)CC(CCSCCCC(F)(F)C(F)(F)C(F)(F)F)C(=O)O. The number of thioether (sulfide) groups is 1. The minimum Gasteiger partial charge on any atom is -0.481 e. The molecule has 0 aliphatic carbocycles. The second-order valence-electron chi connectivity index (χ2n) is 5.95. The Morgan fingerprint density at radius 2 is 1.58 bits per heavy atom. The van der Waals surface area contributed by atoms with Gasteiger partial charge >= 0.3 is 24.0 Å². The van der Waals surface area contributed by atoms with Crippen LogP contribution in [-0.2, 0) is 4.79 Å².